The van der Waals surface area contributed by atoms with Gasteiger partial charge in [-0.1, -0.05) is 38.5 Å². The summed E-state index contributed by atoms with van der Waals surface area (Å²) in [6, 6.07) is 5.88. The van der Waals surface area contributed by atoms with Gasteiger partial charge in [0.05, 0.1) is 5.75 Å². The Morgan fingerprint density at radius 1 is 1.21 bits per heavy atom. The SMILES string of the molecule is CCS(=O)(=O)NCCNC(=O)COc1ccc(C)cc1C(C)(C)C. The number of sulfonamides is 1. The molecule has 0 aliphatic carbocycles. The van der Waals surface area contributed by atoms with Crippen molar-refractivity contribution in [3.05, 3.63) is 29.3 Å². The first-order chi connectivity index (χ1) is 11.0. The van der Waals surface area contributed by atoms with Crippen molar-refractivity contribution in [3.63, 3.8) is 0 Å². The van der Waals surface area contributed by atoms with E-state index in [4.69, 9.17) is 4.74 Å². The molecule has 0 heterocycles. The minimum Gasteiger partial charge on any atom is -0.483 e. The Kier molecular flexibility index (Phi) is 7.23. The van der Waals surface area contributed by atoms with Crippen LogP contribution in [0.1, 0.15) is 38.8 Å². The van der Waals surface area contributed by atoms with Gasteiger partial charge in [0.15, 0.2) is 6.61 Å². The van der Waals surface area contributed by atoms with E-state index in [-0.39, 0.29) is 36.8 Å². The Morgan fingerprint density at radius 3 is 2.46 bits per heavy atom. The predicted octanol–water partition coefficient (Wildman–Crippen LogP) is 1.73. The maximum Gasteiger partial charge on any atom is 0.257 e. The van der Waals surface area contributed by atoms with Gasteiger partial charge in [0.25, 0.3) is 5.91 Å². The summed E-state index contributed by atoms with van der Waals surface area (Å²) in [5, 5.41) is 2.63. The summed E-state index contributed by atoms with van der Waals surface area (Å²) in [6.07, 6.45) is 0. The fraction of sp³-hybridized carbons (Fsp3) is 0.588. The van der Waals surface area contributed by atoms with Gasteiger partial charge in [0.1, 0.15) is 5.75 Å². The van der Waals surface area contributed by atoms with Gasteiger partial charge in [-0.25, -0.2) is 13.1 Å². The lowest BCUT2D eigenvalue weighted by Crippen LogP contribution is -2.37. The number of nitrogens with one attached hydrogen (secondary N) is 2. The van der Waals surface area contributed by atoms with E-state index in [0.29, 0.717) is 5.75 Å². The highest BCUT2D eigenvalue weighted by molar-refractivity contribution is 7.89. The first-order valence-electron chi connectivity index (χ1n) is 8.03. The van der Waals surface area contributed by atoms with E-state index >= 15 is 0 Å². The molecule has 1 aromatic rings. The highest BCUT2D eigenvalue weighted by atomic mass is 32.2. The Labute approximate surface area is 145 Å². The van der Waals surface area contributed by atoms with Crippen molar-refractivity contribution in [3.8, 4) is 5.75 Å². The maximum absolute atomic E-state index is 11.8. The lowest BCUT2D eigenvalue weighted by Gasteiger charge is -2.23. The van der Waals surface area contributed by atoms with Gasteiger partial charge in [-0.15, -0.1) is 0 Å². The molecule has 0 radical (unpaired) electrons. The van der Waals surface area contributed by atoms with Gasteiger partial charge in [-0.2, -0.15) is 0 Å². The number of hydrogen-bond acceptors (Lipinski definition) is 4. The quantitative estimate of drug-likeness (QED) is 0.695. The number of rotatable bonds is 8. The summed E-state index contributed by atoms with van der Waals surface area (Å²) >= 11 is 0. The predicted molar refractivity (Wildman–Crippen MR) is 95.8 cm³/mol. The molecular weight excluding hydrogens is 328 g/mol. The normalized spacial score (nSPS) is 12.0. The summed E-state index contributed by atoms with van der Waals surface area (Å²) in [5.74, 6) is 0.425. The Balaban J connectivity index is 2.51. The first kappa shape index (κ1) is 20.4. The molecule has 0 bridgehead atoms. The molecule has 6 nitrogen and oxygen atoms in total. The Bertz CT molecular complexity index is 664. The second-order valence-electron chi connectivity index (χ2n) is 6.69. The van der Waals surface area contributed by atoms with E-state index in [0.717, 1.165) is 11.1 Å². The van der Waals surface area contributed by atoms with Crippen LogP contribution in [0, 0.1) is 6.92 Å². The Morgan fingerprint density at radius 2 is 1.88 bits per heavy atom. The highest BCUT2D eigenvalue weighted by Gasteiger charge is 2.19. The first-order valence-corrected chi connectivity index (χ1v) is 9.68. The lowest BCUT2D eigenvalue weighted by atomic mass is 9.85. The zero-order valence-electron chi connectivity index (χ0n) is 15.1. The van der Waals surface area contributed by atoms with Crippen molar-refractivity contribution in [2.45, 2.75) is 40.0 Å². The van der Waals surface area contributed by atoms with E-state index in [1.807, 2.05) is 19.1 Å². The maximum atomic E-state index is 11.8. The van der Waals surface area contributed by atoms with Crippen LogP contribution in [0.3, 0.4) is 0 Å². The molecule has 0 saturated heterocycles. The summed E-state index contributed by atoms with van der Waals surface area (Å²) in [4.78, 5) is 11.8. The zero-order valence-corrected chi connectivity index (χ0v) is 15.9. The van der Waals surface area contributed by atoms with E-state index in [1.54, 1.807) is 6.92 Å². The highest BCUT2D eigenvalue weighted by Crippen LogP contribution is 2.32. The molecule has 0 aliphatic heterocycles. The van der Waals surface area contributed by atoms with Gasteiger partial charge in [0.2, 0.25) is 10.0 Å². The molecule has 1 amide bonds. The van der Waals surface area contributed by atoms with Gasteiger partial charge < -0.3 is 10.1 Å². The minimum atomic E-state index is -3.23. The van der Waals surface area contributed by atoms with Crippen LogP contribution in [0.4, 0.5) is 0 Å². The van der Waals surface area contributed by atoms with E-state index in [9.17, 15) is 13.2 Å². The molecule has 0 spiro atoms. The molecule has 24 heavy (non-hydrogen) atoms. The number of aryl methyl sites for hydroxylation is 1. The van der Waals surface area contributed by atoms with Crippen molar-refractivity contribution in [2.75, 3.05) is 25.4 Å². The number of carbonyl (C=O) groups excluding carboxylic acids is 1. The van der Waals surface area contributed by atoms with Crippen LogP contribution < -0.4 is 14.8 Å². The average molecular weight is 356 g/mol. The smallest absolute Gasteiger partial charge is 0.257 e. The Hall–Kier alpha value is -1.60. The number of carbonyl (C=O) groups is 1. The second kappa shape index (κ2) is 8.48. The van der Waals surface area contributed by atoms with Crippen LogP contribution in [-0.2, 0) is 20.2 Å². The fourth-order valence-corrected chi connectivity index (χ4v) is 2.68. The molecule has 1 aromatic carbocycles. The monoisotopic (exact) mass is 356 g/mol. The van der Waals surface area contributed by atoms with Gasteiger partial charge in [-0.05, 0) is 30.9 Å². The number of hydrogen-bond donors (Lipinski definition) is 2. The molecule has 1 rings (SSSR count). The number of amides is 1. The summed E-state index contributed by atoms with van der Waals surface area (Å²) in [5.41, 5.74) is 2.10. The van der Waals surface area contributed by atoms with Crippen molar-refractivity contribution in [1.29, 1.82) is 0 Å². The minimum absolute atomic E-state index is 0.0209. The molecule has 0 unspecified atom stereocenters. The summed E-state index contributed by atoms with van der Waals surface area (Å²) in [7, 11) is -3.23. The van der Waals surface area contributed by atoms with Crippen molar-refractivity contribution in [1.82, 2.24) is 10.0 Å². The second-order valence-corrected chi connectivity index (χ2v) is 8.78. The van der Waals surface area contributed by atoms with Gasteiger partial charge >= 0.3 is 0 Å². The fourth-order valence-electron chi connectivity index (χ4n) is 2.06. The lowest BCUT2D eigenvalue weighted by molar-refractivity contribution is -0.123. The molecule has 2 N–H and O–H groups in total. The van der Waals surface area contributed by atoms with Gasteiger partial charge in [0, 0.05) is 13.1 Å². The largest absolute Gasteiger partial charge is 0.483 e. The molecular formula is C17H28N2O4S. The topological polar surface area (TPSA) is 84.5 Å². The molecule has 7 heteroatoms. The van der Waals surface area contributed by atoms with Crippen LogP contribution in [0.25, 0.3) is 0 Å². The van der Waals surface area contributed by atoms with Crippen LogP contribution in [0.2, 0.25) is 0 Å². The summed E-state index contributed by atoms with van der Waals surface area (Å²) in [6.45, 7) is 10.1. The molecule has 0 saturated carbocycles. The van der Waals surface area contributed by atoms with E-state index in [2.05, 4.69) is 36.9 Å². The average Bonchev–Trinajstić information content (AvgIpc) is 2.49. The molecule has 0 aliphatic rings. The van der Waals surface area contributed by atoms with Crippen molar-refractivity contribution < 1.29 is 17.9 Å². The van der Waals surface area contributed by atoms with Crippen LogP contribution in [-0.4, -0.2) is 39.8 Å². The van der Waals surface area contributed by atoms with E-state index < -0.39 is 10.0 Å². The molecule has 0 atom stereocenters. The molecule has 0 fully saturated rings. The zero-order chi connectivity index (χ0) is 18.4. The van der Waals surface area contributed by atoms with Crippen molar-refractivity contribution in [2.24, 2.45) is 0 Å². The third kappa shape index (κ3) is 6.88. The standard InChI is InChI=1S/C17H28N2O4S/c1-6-24(21,22)19-10-9-18-16(20)12-23-15-8-7-13(2)11-14(15)17(3,4)5/h7-8,11,19H,6,9-10,12H2,1-5H3,(H,18,20). The molecule has 136 valence electrons. The number of benzene rings is 1. The third-order valence-electron chi connectivity index (χ3n) is 3.45. The van der Waals surface area contributed by atoms with Gasteiger partial charge in [-0.3, -0.25) is 4.79 Å². The van der Waals surface area contributed by atoms with E-state index in [1.165, 1.54) is 0 Å². The summed E-state index contributed by atoms with van der Waals surface area (Å²) < 4.78 is 30.6. The number of ether oxygens (including phenoxy) is 1. The van der Waals surface area contributed by atoms with Crippen LogP contribution in [0.15, 0.2) is 18.2 Å². The van der Waals surface area contributed by atoms with Crippen LogP contribution >= 0.6 is 0 Å². The van der Waals surface area contributed by atoms with Crippen LogP contribution in [0.5, 0.6) is 5.75 Å². The third-order valence-corrected chi connectivity index (χ3v) is 4.86. The molecule has 0 aromatic heterocycles. The van der Waals surface area contributed by atoms with Crippen molar-refractivity contribution >= 4 is 15.9 Å².